The molecule has 0 aliphatic heterocycles. The number of halogens is 2. The van der Waals surface area contributed by atoms with Crippen LogP contribution >= 0.6 is 23.2 Å². The second-order valence-electron chi connectivity index (χ2n) is 9.13. The third kappa shape index (κ3) is 7.95. The number of nitrogens with zero attached hydrogens (tertiary/aromatic N) is 1. The number of hydrogen-bond donors (Lipinski definition) is 0. The smallest absolute Gasteiger partial charge is 0.155 e. The molecule has 0 fully saturated rings. The maximum Gasteiger partial charge on any atom is 0.155 e. The summed E-state index contributed by atoms with van der Waals surface area (Å²) in [6.07, 6.45) is 4.81. The van der Waals surface area contributed by atoms with Crippen LogP contribution in [0.15, 0.2) is 60.1 Å². The first kappa shape index (κ1) is 28.6. The van der Waals surface area contributed by atoms with Gasteiger partial charge in [-0.05, 0) is 67.3 Å². The lowest BCUT2D eigenvalue weighted by Gasteiger charge is -2.27. The Morgan fingerprint density at radius 2 is 1.69 bits per heavy atom. The molecule has 0 aliphatic rings. The Labute approximate surface area is 220 Å². The van der Waals surface area contributed by atoms with E-state index < -0.39 is 5.41 Å². The fraction of sp³-hybridized carbons (Fsp3) is 0.414. The first-order valence-corrected chi connectivity index (χ1v) is 12.7. The van der Waals surface area contributed by atoms with E-state index in [1.165, 1.54) is 0 Å². The van der Waals surface area contributed by atoms with Crippen molar-refractivity contribution in [2.45, 2.75) is 53.4 Å². The number of allylic oxidation sites excluding steroid dienone is 3. The molecular formula is C29H35Cl2NO3. The van der Waals surface area contributed by atoms with Crippen LogP contribution in [0.1, 0.15) is 64.7 Å². The molecule has 6 heteroatoms. The maximum atomic E-state index is 9.62. The van der Waals surface area contributed by atoms with E-state index >= 15 is 0 Å². The molecule has 0 atom stereocenters. The van der Waals surface area contributed by atoms with Crippen molar-refractivity contribution in [1.29, 1.82) is 5.26 Å². The van der Waals surface area contributed by atoms with Crippen molar-refractivity contribution in [3.05, 3.63) is 81.8 Å². The molecule has 0 saturated heterocycles. The molecule has 0 bridgehead atoms. The van der Waals surface area contributed by atoms with Crippen molar-refractivity contribution in [2.75, 3.05) is 19.1 Å². The summed E-state index contributed by atoms with van der Waals surface area (Å²) < 4.78 is 17.6. The van der Waals surface area contributed by atoms with E-state index in [1.54, 1.807) is 0 Å². The number of alkyl halides is 1. The molecule has 4 nitrogen and oxygen atoms in total. The van der Waals surface area contributed by atoms with Crippen LogP contribution in [-0.4, -0.2) is 19.1 Å². The highest BCUT2D eigenvalue weighted by atomic mass is 35.5. The highest BCUT2D eigenvalue weighted by Gasteiger charge is 2.26. The van der Waals surface area contributed by atoms with E-state index in [4.69, 9.17) is 37.4 Å². The van der Waals surface area contributed by atoms with E-state index in [0.29, 0.717) is 34.7 Å². The summed E-state index contributed by atoms with van der Waals surface area (Å²) in [4.78, 5) is 0. The average molecular weight is 517 g/mol. The van der Waals surface area contributed by atoms with Crippen LogP contribution in [0, 0.1) is 17.2 Å². The zero-order valence-electron chi connectivity index (χ0n) is 21.5. The summed E-state index contributed by atoms with van der Waals surface area (Å²) in [5.41, 5.74) is 1.98. The summed E-state index contributed by atoms with van der Waals surface area (Å²) in [5, 5.41) is 10.0. The summed E-state index contributed by atoms with van der Waals surface area (Å²) in [6.45, 7) is 13.1. The van der Waals surface area contributed by atoms with E-state index in [2.05, 4.69) is 33.8 Å². The minimum atomic E-state index is -0.395. The van der Waals surface area contributed by atoms with Gasteiger partial charge < -0.3 is 14.2 Å². The third-order valence-corrected chi connectivity index (χ3v) is 6.12. The molecule has 0 amide bonds. The number of nitriles is 1. The number of ether oxygens (including phenoxy) is 3. The van der Waals surface area contributed by atoms with Crippen molar-refractivity contribution < 1.29 is 14.2 Å². The van der Waals surface area contributed by atoms with Crippen molar-refractivity contribution in [1.82, 2.24) is 0 Å². The van der Waals surface area contributed by atoms with Crippen LogP contribution in [0.3, 0.4) is 0 Å². The minimum Gasteiger partial charge on any atom is -0.489 e. The molecule has 35 heavy (non-hydrogen) atoms. The van der Waals surface area contributed by atoms with Gasteiger partial charge in [-0.15, -0.1) is 11.6 Å². The molecule has 2 aromatic carbocycles. The van der Waals surface area contributed by atoms with Crippen molar-refractivity contribution >= 4 is 23.2 Å². The number of rotatable bonds is 12. The Bertz CT molecular complexity index is 1080. The van der Waals surface area contributed by atoms with Gasteiger partial charge in [0.1, 0.15) is 30.8 Å². The summed E-state index contributed by atoms with van der Waals surface area (Å²) in [5.74, 6) is 3.68. The molecule has 0 heterocycles. The molecular weight excluding hydrogens is 481 g/mol. The predicted molar refractivity (Wildman–Crippen MR) is 145 cm³/mol. The molecule has 0 radical (unpaired) electrons. The van der Waals surface area contributed by atoms with Crippen molar-refractivity contribution in [3.8, 4) is 17.6 Å². The Balaban J connectivity index is 2.16. The first-order chi connectivity index (χ1) is 16.7. The largest absolute Gasteiger partial charge is 0.489 e. The third-order valence-electron chi connectivity index (χ3n) is 5.68. The molecule has 0 aromatic heterocycles. The van der Waals surface area contributed by atoms with E-state index in [9.17, 15) is 5.26 Å². The van der Waals surface area contributed by atoms with Crippen LogP contribution in [0.4, 0.5) is 0 Å². The molecule has 0 N–H and O–H groups in total. The second-order valence-corrected chi connectivity index (χ2v) is 9.92. The van der Waals surface area contributed by atoms with Gasteiger partial charge in [-0.2, -0.15) is 5.26 Å². The minimum absolute atomic E-state index is 0.286. The van der Waals surface area contributed by atoms with E-state index in [-0.39, 0.29) is 6.61 Å². The monoisotopic (exact) mass is 515 g/mol. The Kier molecular flexibility index (Phi) is 11.0. The van der Waals surface area contributed by atoms with Crippen LogP contribution in [0.2, 0.25) is 5.02 Å². The van der Waals surface area contributed by atoms with Crippen LogP contribution in [0.5, 0.6) is 11.5 Å². The standard InChI is InChI=1S/C29H35Cl2NO3/c1-7-24(15-20(3)4)35-25(8-2)19-34-26-11-9-22(10-12-26)29(5,6)23-16-21(18-32)28(27(31)17-23)33-14-13-30/h7-12,16-17,20H,13-15,19H2,1-6H3/b24-7-,25-8-. The fourth-order valence-electron chi connectivity index (χ4n) is 3.57. The van der Waals surface area contributed by atoms with Gasteiger partial charge in [0.2, 0.25) is 0 Å². The van der Waals surface area contributed by atoms with Gasteiger partial charge in [0.25, 0.3) is 0 Å². The van der Waals surface area contributed by atoms with Crippen LogP contribution in [-0.2, 0) is 10.2 Å². The Morgan fingerprint density at radius 3 is 2.23 bits per heavy atom. The summed E-state index contributed by atoms with van der Waals surface area (Å²) in [6, 6.07) is 13.8. The van der Waals surface area contributed by atoms with Crippen LogP contribution < -0.4 is 9.47 Å². The van der Waals surface area contributed by atoms with E-state index in [0.717, 1.165) is 34.8 Å². The molecule has 0 unspecified atom stereocenters. The normalized spacial score (nSPS) is 12.5. The molecule has 0 aliphatic carbocycles. The first-order valence-electron chi connectivity index (χ1n) is 11.8. The topological polar surface area (TPSA) is 51.5 Å². The molecule has 0 saturated carbocycles. The molecule has 0 spiro atoms. The van der Waals surface area contributed by atoms with Crippen LogP contribution in [0.25, 0.3) is 0 Å². The summed E-state index contributed by atoms with van der Waals surface area (Å²) in [7, 11) is 0. The Hall–Kier alpha value is -2.61. The lowest BCUT2D eigenvalue weighted by atomic mass is 9.77. The van der Waals surface area contributed by atoms with E-state index in [1.807, 2.05) is 62.4 Å². The number of hydrogen-bond acceptors (Lipinski definition) is 4. The van der Waals surface area contributed by atoms with Gasteiger partial charge in [-0.3, -0.25) is 0 Å². The van der Waals surface area contributed by atoms with Gasteiger partial charge in [0.05, 0.1) is 22.2 Å². The quantitative estimate of drug-likeness (QED) is 0.210. The van der Waals surface area contributed by atoms with Gasteiger partial charge in [-0.25, -0.2) is 0 Å². The van der Waals surface area contributed by atoms with Gasteiger partial charge in [0.15, 0.2) is 5.75 Å². The SMILES string of the molecule is C/C=C(/COc1ccc(C(C)(C)c2cc(Cl)c(OCCCl)c(C#N)c2)cc1)O/C(=C\C)CC(C)C. The lowest BCUT2D eigenvalue weighted by molar-refractivity contribution is 0.214. The van der Waals surface area contributed by atoms with Gasteiger partial charge >= 0.3 is 0 Å². The molecule has 2 rings (SSSR count). The Morgan fingerprint density at radius 1 is 1.03 bits per heavy atom. The zero-order valence-corrected chi connectivity index (χ0v) is 23.0. The zero-order chi connectivity index (χ0) is 26.0. The van der Waals surface area contributed by atoms with Gasteiger partial charge in [-0.1, -0.05) is 51.4 Å². The molecule has 188 valence electrons. The number of benzene rings is 2. The summed E-state index contributed by atoms with van der Waals surface area (Å²) >= 11 is 12.2. The maximum absolute atomic E-state index is 9.62. The lowest BCUT2D eigenvalue weighted by Crippen LogP contribution is -2.19. The average Bonchev–Trinajstić information content (AvgIpc) is 2.84. The fourth-order valence-corrected chi connectivity index (χ4v) is 3.93. The predicted octanol–water partition coefficient (Wildman–Crippen LogP) is 8.40. The molecule has 2 aromatic rings. The van der Waals surface area contributed by atoms with Crippen molar-refractivity contribution in [3.63, 3.8) is 0 Å². The van der Waals surface area contributed by atoms with Crippen molar-refractivity contribution in [2.24, 2.45) is 5.92 Å². The van der Waals surface area contributed by atoms with Gasteiger partial charge in [0, 0.05) is 11.8 Å². The highest BCUT2D eigenvalue weighted by Crippen LogP contribution is 2.38. The second kappa shape index (κ2) is 13.5. The highest BCUT2D eigenvalue weighted by molar-refractivity contribution is 6.32.